The first-order valence-corrected chi connectivity index (χ1v) is 18.6. The molecule has 0 fully saturated rings. The monoisotopic (exact) mass is 788 g/mol. The second-order valence-corrected chi connectivity index (χ2v) is 14.7. The van der Waals surface area contributed by atoms with E-state index in [1.165, 1.54) is 90.0 Å². The van der Waals surface area contributed by atoms with Gasteiger partial charge in [0.05, 0.1) is 0 Å². The third kappa shape index (κ3) is 6.74. The van der Waals surface area contributed by atoms with Crippen molar-refractivity contribution in [3.8, 4) is 0 Å². The molecule has 226 valence electrons. The zero-order chi connectivity index (χ0) is 30.5. The number of halogens is 2. The van der Waals surface area contributed by atoms with Gasteiger partial charge in [0.15, 0.2) is 0 Å². The van der Waals surface area contributed by atoms with Crippen LogP contribution in [0.1, 0.15) is 20.0 Å². The van der Waals surface area contributed by atoms with Crippen molar-refractivity contribution in [2.45, 2.75) is 31.1 Å². The normalized spacial score (nSPS) is 11.1. The van der Waals surface area contributed by atoms with Crippen LogP contribution in [0.4, 0.5) is 0 Å². The Morgan fingerprint density at radius 2 is 0.913 bits per heavy atom. The molecule has 0 aromatic heterocycles. The first kappa shape index (κ1) is 35.9. The summed E-state index contributed by atoms with van der Waals surface area (Å²) in [5, 5.41) is 15.8. The van der Waals surface area contributed by atoms with Crippen LogP contribution in [-0.2, 0) is 0 Å². The summed E-state index contributed by atoms with van der Waals surface area (Å²) in [7, 11) is 0. The van der Waals surface area contributed by atoms with Crippen molar-refractivity contribution in [3.63, 3.8) is 0 Å². The van der Waals surface area contributed by atoms with Crippen LogP contribution >= 0.6 is 55.4 Å². The molecular formula is C41H35Br2KS2. The van der Waals surface area contributed by atoms with E-state index in [1.807, 2.05) is 0 Å². The largest absolute Gasteiger partial charge is 1.00 e. The van der Waals surface area contributed by atoms with Crippen molar-refractivity contribution >= 4 is 120 Å². The molecule has 0 nitrogen and oxygen atoms in total. The molecular weight excluding hydrogens is 755 g/mol. The van der Waals surface area contributed by atoms with Crippen molar-refractivity contribution < 1.29 is 52.8 Å². The summed E-state index contributed by atoms with van der Waals surface area (Å²) < 4.78 is 2.33. The van der Waals surface area contributed by atoms with Gasteiger partial charge >= 0.3 is 51.4 Å². The predicted octanol–water partition coefficient (Wildman–Crippen LogP) is 11.6. The van der Waals surface area contributed by atoms with Crippen LogP contribution < -0.4 is 51.4 Å². The van der Waals surface area contributed by atoms with E-state index in [1.54, 1.807) is 23.5 Å². The third-order valence-electron chi connectivity index (χ3n) is 8.58. The third-order valence-corrected chi connectivity index (χ3v) is 11.9. The second kappa shape index (κ2) is 15.0. The van der Waals surface area contributed by atoms with Gasteiger partial charge in [-0.25, -0.2) is 0 Å². The van der Waals surface area contributed by atoms with E-state index in [2.05, 4.69) is 167 Å². The number of hydrogen-bond acceptors (Lipinski definition) is 2. The van der Waals surface area contributed by atoms with Crippen LogP contribution in [-0.4, -0.2) is 12.5 Å². The van der Waals surface area contributed by atoms with Crippen molar-refractivity contribution in [3.05, 3.63) is 129 Å². The van der Waals surface area contributed by atoms with E-state index >= 15 is 0 Å². The molecule has 0 saturated heterocycles. The van der Waals surface area contributed by atoms with Gasteiger partial charge in [-0.2, -0.15) is 0 Å². The molecule has 0 radical (unpaired) electrons. The van der Waals surface area contributed by atoms with Crippen LogP contribution in [0.15, 0.2) is 128 Å². The zero-order valence-electron chi connectivity index (χ0n) is 27.0. The molecule has 0 saturated carbocycles. The van der Waals surface area contributed by atoms with Crippen molar-refractivity contribution in [2.75, 3.05) is 12.5 Å². The number of benzene rings is 8. The smallest absolute Gasteiger partial charge is 1.00 e. The van der Waals surface area contributed by atoms with Crippen molar-refractivity contribution in [1.29, 1.82) is 0 Å². The maximum atomic E-state index is 3.67. The molecule has 8 aromatic carbocycles. The standard InChI is InChI=1S/C20H14Br2S.C20H16S.CH4.K.H/c1-11-7-16-12(8-18(11)21)3-6-15-14(16)5-4-13-9-19(22)20(23-2)10-17(13)15;1-13-3-4-14-6-10-18-17(19(14)11-13)9-7-15-5-8-16(21-2)12-20(15)18;;;/h3-10H,1-2H3;3-12H,1-2H3;1H4;;/q;;;+1;-1. The number of fused-ring (bicyclic) bond motifs is 10. The molecule has 0 atom stereocenters. The summed E-state index contributed by atoms with van der Waals surface area (Å²) >= 11 is 10.9. The molecule has 0 unspecified atom stereocenters. The summed E-state index contributed by atoms with van der Waals surface area (Å²) in [5.41, 5.74) is 2.58. The van der Waals surface area contributed by atoms with Gasteiger partial charge in [0, 0.05) is 18.7 Å². The van der Waals surface area contributed by atoms with Crippen molar-refractivity contribution in [2.24, 2.45) is 0 Å². The Kier molecular flexibility index (Phi) is 11.7. The molecule has 0 amide bonds. The average Bonchev–Trinajstić information content (AvgIpc) is 3.04. The Morgan fingerprint density at radius 3 is 1.48 bits per heavy atom. The van der Waals surface area contributed by atoms with Gasteiger partial charge < -0.3 is 1.43 Å². The summed E-state index contributed by atoms with van der Waals surface area (Å²) in [4.78, 5) is 2.59. The summed E-state index contributed by atoms with van der Waals surface area (Å²) in [6, 6.07) is 40.4. The van der Waals surface area contributed by atoms with Gasteiger partial charge in [-0.05, 0) is 149 Å². The summed E-state index contributed by atoms with van der Waals surface area (Å²) in [5.74, 6) is 0. The van der Waals surface area contributed by atoms with Crippen molar-refractivity contribution in [1.82, 2.24) is 0 Å². The fraction of sp³-hybridized carbons (Fsp3) is 0.122. The molecule has 0 N–H and O–H groups in total. The minimum atomic E-state index is 0. The molecule has 0 aliphatic heterocycles. The molecule has 0 spiro atoms. The Labute approximate surface area is 341 Å². The Hall–Kier alpha value is -1.38. The Morgan fingerprint density at radius 1 is 0.457 bits per heavy atom. The van der Waals surface area contributed by atoms with E-state index in [0.717, 1.165) is 4.47 Å². The Bertz CT molecular complexity index is 2420. The van der Waals surface area contributed by atoms with Crippen LogP contribution in [0.25, 0.3) is 64.6 Å². The SMILES string of the molecule is C.CSc1cc2c(ccc3c4cc(C)c(Br)cc4ccc23)cc1Br.CSc1ccc2ccc3c4cc(C)ccc4ccc3c2c1.[H-].[K+]. The quantitative estimate of drug-likeness (QED) is 0.0972. The fourth-order valence-electron chi connectivity index (χ4n) is 6.25. The van der Waals surface area contributed by atoms with Gasteiger partial charge in [-0.3, -0.25) is 0 Å². The number of rotatable bonds is 2. The van der Waals surface area contributed by atoms with Gasteiger partial charge in [-0.1, -0.05) is 102 Å². The number of thioether (sulfide) groups is 2. The van der Waals surface area contributed by atoms with E-state index < -0.39 is 0 Å². The van der Waals surface area contributed by atoms with E-state index in [4.69, 9.17) is 0 Å². The topological polar surface area (TPSA) is 0 Å². The minimum Gasteiger partial charge on any atom is -1.00 e. The number of aryl methyl sites for hydroxylation is 2. The average molecular weight is 791 g/mol. The molecule has 8 aromatic rings. The fourth-order valence-corrected chi connectivity index (χ4v) is 8.38. The molecule has 46 heavy (non-hydrogen) atoms. The van der Waals surface area contributed by atoms with Crippen LogP contribution in [0.3, 0.4) is 0 Å². The van der Waals surface area contributed by atoms with Gasteiger partial charge in [0.1, 0.15) is 0 Å². The van der Waals surface area contributed by atoms with E-state index in [0.29, 0.717) is 0 Å². The summed E-state index contributed by atoms with van der Waals surface area (Å²) in [6.45, 7) is 4.30. The van der Waals surface area contributed by atoms with E-state index in [-0.39, 0.29) is 60.2 Å². The van der Waals surface area contributed by atoms with Gasteiger partial charge in [-0.15, -0.1) is 23.5 Å². The first-order valence-electron chi connectivity index (χ1n) is 14.5. The molecule has 0 heterocycles. The van der Waals surface area contributed by atoms with E-state index in [9.17, 15) is 0 Å². The maximum absolute atomic E-state index is 3.67. The minimum absolute atomic E-state index is 0. The molecule has 0 aliphatic carbocycles. The first-order chi connectivity index (χ1) is 21.3. The maximum Gasteiger partial charge on any atom is 1.00 e. The Balaban J connectivity index is 0.000000201. The van der Waals surface area contributed by atoms with Gasteiger partial charge in [0.25, 0.3) is 0 Å². The van der Waals surface area contributed by atoms with Gasteiger partial charge in [0.2, 0.25) is 0 Å². The zero-order valence-corrected chi connectivity index (χ0v) is 33.9. The molecule has 8 rings (SSSR count). The predicted molar refractivity (Wildman–Crippen MR) is 214 cm³/mol. The summed E-state index contributed by atoms with van der Waals surface area (Å²) in [6.07, 6.45) is 4.25. The molecule has 0 aliphatic rings. The second-order valence-electron chi connectivity index (χ2n) is 11.3. The molecule has 0 bridgehead atoms. The van der Waals surface area contributed by atoms with Crippen LogP contribution in [0, 0.1) is 13.8 Å². The number of hydrogen-bond donors (Lipinski definition) is 0. The van der Waals surface area contributed by atoms with Crippen LogP contribution in [0.2, 0.25) is 0 Å². The van der Waals surface area contributed by atoms with Crippen LogP contribution in [0.5, 0.6) is 0 Å². The molecule has 5 heteroatoms.